The molecule has 9 rings (SSSR count). The minimum Gasteiger partial charge on any atom is -0.456 e. The number of fused-ring (bicyclic) bond motifs is 7. The van der Waals surface area contributed by atoms with E-state index in [0.29, 0.717) is 11.3 Å². The van der Waals surface area contributed by atoms with Gasteiger partial charge in [-0.25, -0.2) is 4.85 Å². The molecule has 9 aromatic rings. The highest BCUT2D eigenvalue weighted by Crippen LogP contribution is 2.45. The zero-order chi connectivity index (χ0) is 32.9. The highest BCUT2D eigenvalue weighted by molar-refractivity contribution is 6.29. The minimum absolute atomic E-state index is 0.514. The van der Waals surface area contributed by atoms with E-state index < -0.39 is 0 Å². The molecule has 0 aliphatic heterocycles. The van der Waals surface area contributed by atoms with Crippen LogP contribution < -0.4 is 0 Å². The van der Waals surface area contributed by atoms with Crippen LogP contribution in [0.5, 0.6) is 0 Å². The Kier molecular flexibility index (Phi) is 6.50. The Bertz CT molecular complexity index is 2680. The summed E-state index contributed by atoms with van der Waals surface area (Å²) in [6.45, 7) is 7.43. The first-order valence-corrected chi connectivity index (χ1v) is 15.9. The molecule has 0 radical (unpaired) electrons. The van der Waals surface area contributed by atoms with Gasteiger partial charge in [0, 0.05) is 41.1 Å². The molecule has 0 amide bonds. The van der Waals surface area contributed by atoms with Crippen molar-refractivity contribution in [1.29, 1.82) is 5.26 Å². The van der Waals surface area contributed by atoms with E-state index in [0.717, 1.165) is 88.0 Å². The number of aromatic nitrogens is 2. The van der Waals surface area contributed by atoms with E-state index >= 15 is 0 Å². The van der Waals surface area contributed by atoms with Crippen LogP contribution in [0.25, 0.3) is 92.8 Å². The number of nitriles is 1. The summed E-state index contributed by atoms with van der Waals surface area (Å²) in [5.74, 6) is 0. The van der Waals surface area contributed by atoms with Gasteiger partial charge in [0.25, 0.3) is 0 Å². The fraction of sp³-hybridized carbons (Fsp3) is 0. The van der Waals surface area contributed by atoms with Crippen LogP contribution in [0.4, 0.5) is 5.69 Å². The molecule has 3 heterocycles. The molecule has 0 aliphatic carbocycles. The predicted molar refractivity (Wildman–Crippen MR) is 197 cm³/mol. The summed E-state index contributed by atoms with van der Waals surface area (Å²) in [5, 5.41) is 16.1. The second-order valence-electron chi connectivity index (χ2n) is 12.1. The number of rotatable bonds is 4. The van der Waals surface area contributed by atoms with Gasteiger partial charge in [0.05, 0.1) is 12.1 Å². The summed E-state index contributed by atoms with van der Waals surface area (Å²) in [4.78, 5) is 12.1. The fourth-order valence-corrected chi connectivity index (χ4v) is 7.01. The molecule has 5 heteroatoms. The molecule has 226 valence electrons. The topological polar surface area (TPSA) is 67.1 Å². The van der Waals surface area contributed by atoms with Crippen LogP contribution in [0.1, 0.15) is 5.56 Å². The maximum Gasteiger partial charge on any atom is 0.205 e. The second-order valence-corrected chi connectivity index (χ2v) is 12.1. The Morgan fingerprint density at radius 1 is 0.510 bits per heavy atom. The molecule has 0 bridgehead atoms. The lowest BCUT2D eigenvalue weighted by molar-refractivity contribution is 0.670. The number of hydrogen-bond donors (Lipinski definition) is 0. The van der Waals surface area contributed by atoms with Crippen LogP contribution in [-0.2, 0) is 0 Å². The third kappa shape index (κ3) is 4.69. The fourth-order valence-electron chi connectivity index (χ4n) is 7.01. The van der Waals surface area contributed by atoms with Gasteiger partial charge in [-0.05, 0) is 96.9 Å². The van der Waals surface area contributed by atoms with E-state index in [1.807, 2.05) is 30.3 Å². The van der Waals surface area contributed by atoms with Gasteiger partial charge < -0.3 is 4.42 Å². The maximum atomic E-state index is 9.43. The number of pyridine rings is 2. The van der Waals surface area contributed by atoms with Crippen LogP contribution >= 0.6 is 0 Å². The number of nitrogens with zero attached hydrogens (tertiary/aromatic N) is 4. The number of benzene rings is 6. The van der Waals surface area contributed by atoms with E-state index in [9.17, 15) is 5.26 Å². The molecule has 5 nitrogen and oxygen atoms in total. The van der Waals surface area contributed by atoms with E-state index in [-0.39, 0.29) is 0 Å². The zero-order valence-corrected chi connectivity index (χ0v) is 26.1. The predicted octanol–water partition coefficient (Wildman–Crippen LogP) is 11.8. The van der Waals surface area contributed by atoms with Gasteiger partial charge in [-0.15, -0.1) is 0 Å². The molecule has 0 spiro atoms. The normalized spacial score (nSPS) is 11.2. The van der Waals surface area contributed by atoms with Crippen LogP contribution in [0.2, 0.25) is 0 Å². The van der Waals surface area contributed by atoms with E-state index in [1.165, 1.54) is 0 Å². The van der Waals surface area contributed by atoms with Crippen LogP contribution in [0.3, 0.4) is 0 Å². The zero-order valence-electron chi connectivity index (χ0n) is 26.1. The van der Waals surface area contributed by atoms with Gasteiger partial charge in [0.1, 0.15) is 17.2 Å². The summed E-state index contributed by atoms with van der Waals surface area (Å²) in [6.07, 6.45) is 6.75. The first-order valence-electron chi connectivity index (χ1n) is 15.9. The molecule has 0 N–H and O–H groups in total. The van der Waals surface area contributed by atoms with Crippen LogP contribution in [-0.4, -0.2) is 9.97 Å². The molecular weight excluding hydrogens is 601 g/mol. The number of hydrogen-bond acceptors (Lipinski definition) is 4. The molecule has 0 saturated heterocycles. The van der Waals surface area contributed by atoms with Crippen molar-refractivity contribution >= 4 is 49.2 Å². The van der Waals surface area contributed by atoms with Crippen molar-refractivity contribution in [3.63, 3.8) is 0 Å². The highest BCUT2D eigenvalue weighted by Gasteiger charge is 2.19. The first-order chi connectivity index (χ1) is 24.2. The lowest BCUT2D eigenvalue weighted by Gasteiger charge is -2.12. The third-order valence-electron chi connectivity index (χ3n) is 9.22. The van der Waals surface area contributed by atoms with Crippen molar-refractivity contribution in [2.45, 2.75) is 0 Å². The van der Waals surface area contributed by atoms with E-state index in [1.54, 1.807) is 24.8 Å². The molecule has 0 unspecified atom stereocenters. The summed E-state index contributed by atoms with van der Waals surface area (Å²) >= 11 is 0. The lowest BCUT2D eigenvalue weighted by Crippen LogP contribution is -1.87. The van der Waals surface area contributed by atoms with Gasteiger partial charge in [-0.3, -0.25) is 9.97 Å². The van der Waals surface area contributed by atoms with Gasteiger partial charge in [-0.2, -0.15) is 5.26 Å². The van der Waals surface area contributed by atoms with Gasteiger partial charge in [0.2, 0.25) is 5.69 Å². The summed E-state index contributed by atoms with van der Waals surface area (Å²) < 4.78 is 6.79. The van der Waals surface area contributed by atoms with Crippen LogP contribution in [0.15, 0.2) is 151 Å². The molecule has 0 fully saturated rings. The summed E-state index contributed by atoms with van der Waals surface area (Å²) in [6, 6.07) is 44.0. The minimum atomic E-state index is 0.514. The Morgan fingerprint density at radius 3 is 1.57 bits per heavy atom. The first kappa shape index (κ1) is 28.2. The smallest absolute Gasteiger partial charge is 0.205 e. The largest absolute Gasteiger partial charge is 0.456 e. The quantitative estimate of drug-likeness (QED) is 0.183. The monoisotopic (exact) mass is 624 g/mol. The van der Waals surface area contributed by atoms with Gasteiger partial charge in [-0.1, -0.05) is 84.9 Å². The SMILES string of the molecule is [C-]#[N+]c1cncc(-c2cccc(-c3cc4oc5cc(-c6cccc(-c7cncc(C#N)c7)c6)c6ccccc6c5c4c4ccccc34)c2)c1. The van der Waals surface area contributed by atoms with Crippen molar-refractivity contribution in [1.82, 2.24) is 9.97 Å². The van der Waals surface area contributed by atoms with E-state index in [4.69, 9.17) is 11.0 Å². The molecule has 3 aromatic heterocycles. The van der Waals surface area contributed by atoms with Crippen molar-refractivity contribution < 1.29 is 4.42 Å². The van der Waals surface area contributed by atoms with Crippen LogP contribution in [0, 0.1) is 17.9 Å². The average molecular weight is 625 g/mol. The second kappa shape index (κ2) is 11.3. The van der Waals surface area contributed by atoms with Gasteiger partial charge in [0.15, 0.2) is 0 Å². The van der Waals surface area contributed by atoms with Crippen molar-refractivity contribution in [2.24, 2.45) is 0 Å². The summed E-state index contributed by atoms with van der Waals surface area (Å²) in [5.41, 5.74) is 10.7. The molecule has 49 heavy (non-hydrogen) atoms. The molecule has 0 saturated carbocycles. The maximum absolute atomic E-state index is 9.43. The Labute approximate surface area is 281 Å². The highest BCUT2D eigenvalue weighted by atomic mass is 16.3. The molecule has 0 atom stereocenters. The van der Waals surface area contributed by atoms with Crippen molar-refractivity contribution in [2.75, 3.05) is 0 Å². The third-order valence-corrected chi connectivity index (χ3v) is 9.22. The van der Waals surface area contributed by atoms with Crippen molar-refractivity contribution in [3.05, 3.63) is 163 Å². The molecule has 0 aliphatic rings. The Hall–Kier alpha value is -7.08. The molecular formula is C44H24N4O. The van der Waals surface area contributed by atoms with Crippen molar-refractivity contribution in [3.8, 4) is 50.6 Å². The standard InChI is InChI=1S/C44H24N4O/c1-46-34-19-33(25-48-26-34)29-9-7-11-31(18-29)40-21-42-44(38-15-5-3-13-36(38)40)43-37-14-4-2-12-35(37)39(20-41(43)49-42)30-10-6-8-28(17-30)32-16-27(22-45)23-47-24-32/h2-21,23-26H. The molecule has 6 aromatic carbocycles. The van der Waals surface area contributed by atoms with Gasteiger partial charge >= 0.3 is 0 Å². The lowest BCUT2D eigenvalue weighted by atomic mass is 9.90. The summed E-state index contributed by atoms with van der Waals surface area (Å²) in [7, 11) is 0. The Morgan fingerprint density at radius 2 is 1.02 bits per heavy atom. The average Bonchev–Trinajstić information content (AvgIpc) is 3.56. The Balaban J connectivity index is 1.27. The van der Waals surface area contributed by atoms with E-state index in [2.05, 4.69) is 112 Å². The number of furan rings is 1.